The van der Waals surface area contributed by atoms with Gasteiger partial charge in [0.2, 0.25) is 0 Å². The Morgan fingerprint density at radius 2 is 2.11 bits per heavy atom. The van der Waals surface area contributed by atoms with Crippen molar-refractivity contribution in [2.24, 2.45) is 11.3 Å². The zero-order valence-corrected chi connectivity index (χ0v) is 11.8. The summed E-state index contributed by atoms with van der Waals surface area (Å²) in [5.41, 5.74) is 2.02. The fourth-order valence-electron chi connectivity index (χ4n) is 3.52. The van der Waals surface area contributed by atoms with Crippen LogP contribution in [0.25, 0.3) is 11.2 Å². The standard InChI is InChI=1S/C14H21N5/c1-9-4-10(6-14(2,3)5-9)19-13-11-12(16-7-15-11)17-8-18-13/h7-10H,4-6H2,1-3H3,(H2,15,16,17,18,19)/t9-,10+/m0/s1. The van der Waals surface area contributed by atoms with Gasteiger partial charge in [-0.15, -0.1) is 0 Å². The highest BCUT2D eigenvalue weighted by molar-refractivity contribution is 5.82. The van der Waals surface area contributed by atoms with Gasteiger partial charge in [0.1, 0.15) is 11.8 Å². The number of nitrogens with one attached hydrogen (secondary N) is 2. The molecule has 2 N–H and O–H groups in total. The molecule has 2 atom stereocenters. The predicted molar refractivity (Wildman–Crippen MR) is 75.9 cm³/mol. The van der Waals surface area contributed by atoms with Crippen LogP contribution in [-0.4, -0.2) is 26.0 Å². The fraction of sp³-hybridized carbons (Fsp3) is 0.643. The summed E-state index contributed by atoms with van der Waals surface area (Å²) in [4.78, 5) is 15.8. The lowest BCUT2D eigenvalue weighted by Gasteiger charge is -2.39. The van der Waals surface area contributed by atoms with E-state index in [0.29, 0.717) is 11.5 Å². The number of fused-ring (bicyclic) bond motifs is 1. The molecule has 0 amide bonds. The van der Waals surface area contributed by atoms with Crippen molar-refractivity contribution in [3.05, 3.63) is 12.7 Å². The summed E-state index contributed by atoms with van der Waals surface area (Å²) < 4.78 is 0. The lowest BCUT2D eigenvalue weighted by molar-refractivity contribution is 0.178. The van der Waals surface area contributed by atoms with Crippen molar-refractivity contribution in [3.63, 3.8) is 0 Å². The highest BCUT2D eigenvalue weighted by atomic mass is 15.1. The lowest BCUT2D eigenvalue weighted by atomic mass is 9.70. The third-order valence-electron chi connectivity index (χ3n) is 3.95. The Morgan fingerprint density at radius 3 is 2.89 bits per heavy atom. The minimum atomic E-state index is 0.398. The van der Waals surface area contributed by atoms with E-state index in [1.54, 1.807) is 12.7 Å². The summed E-state index contributed by atoms with van der Waals surface area (Å²) in [5, 5.41) is 3.57. The Morgan fingerprint density at radius 1 is 1.26 bits per heavy atom. The van der Waals surface area contributed by atoms with E-state index >= 15 is 0 Å². The van der Waals surface area contributed by atoms with E-state index in [9.17, 15) is 0 Å². The first-order chi connectivity index (χ1) is 9.03. The average Bonchev–Trinajstić information content (AvgIpc) is 2.75. The number of aromatic nitrogens is 4. The van der Waals surface area contributed by atoms with Crippen molar-refractivity contribution < 1.29 is 0 Å². The highest BCUT2D eigenvalue weighted by Gasteiger charge is 2.32. The van der Waals surface area contributed by atoms with Crippen LogP contribution in [-0.2, 0) is 0 Å². The van der Waals surface area contributed by atoms with Gasteiger partial charge in [0.25, 0.3) is 0 Å². The molecular formula is C14H21N5. The molecule has 19 heavy (non-hydrogen) atoms. The molecule has 5 heteroatoms. The maximum Gasteiger partial charge on any atom is 0.182 e. The first-order valence-corrected chi connectivity index (χ1v) is 6.94. The molecule has 2 aromatic rings. The van der Waals surface area contributed by atoms with Crippen molar-refractivity contribution in [2.75, 3.05) is 5.32 Å². The van der Waals surface area contributed by atoms with Gasteiger partial charge in [0, 0.05) is 6.04 Å². The van der Waals surface area contributed by atoms with Crippen LogP contribution in [0.15, 0.2) is 12.7 Å². The largest absolute Gasteiger partial charge is 0.365 e. The number of hydrogen-bond acceptors (Lipinski definition) is 4. The third-order valence-corrected chi connectivity index (χ3v) is 3.95. The number of nitrogens with zero attached hydrogens (tertiary/aromatic N) is 3. The quantitative estimate of drug-likeness (QED) is 0.870. The normalized spacial score (nSPS) is 26.5. The number of rotatable bonds is 2. The molecular weight excluding hydrogens is 238 g/mol. The third kappa shape index (κ3) is 2.55. The smallest absolute Gasteiger partial charge is 0.182 e. The summed E-state index contributed by atoms with van der Waals surface area (Å²) in [7, 11) is 0. The maximum atomic E-state index is 4.35. The van der Waals surface area contributed by atoms with E-state index in [1.807, 2.05) is 0 Å². The molecule has 1 saturated carbocycles. The zero-order chi connectivity index (χ0) is 13.5. The summed E-state index contributed by atoms with van der Waals surface area (Å²) in [6.07, 6.45) is 6.91. The molecule has 1 fully saturated rings. The van der Waals surface area contributed by atoms with Crippen LogP contribution in [0.4, 0.5) is 5.82 Å². The Bertz CT molecular complexity index is 574. The van der Waals surface area contributed by atoms with Gasteiger partial charge in [-0.1, -0.05) is 20.8 Å². The molecule has 5 nitrogen and oxygen atoms in total. The van der Waals surface area contributed by atoms with Crippen molar-refractivity contribution in [1.29, 1.82) is 0 Å². The van der Waals surface area contributed by atoms with Crippen LogP contribution in [0.2, 0.25) is 0 Å². The monoisotopic (exact) mass is 259 g/mol. The zero-order valence-electron chi connectivity index (χ0n) is 11.8. The molecule has 0 unspecified atom stereocenters. The molecule has 3 rings (SSSR count). The van der Waals surface area contributed by atoms with E-state index in [2.05, 4.69) is 46.0 Å². The molecule has 2 heterocycles. The summed E-state index contributed by atoms with van der Waals surface area (Å²) in [5.74, 6) is 1.62. The Balaban J connectivity index is 1.83. The van der Waals surface area contributed by atoms with Gasteiger partial charge in [-0.25, -0.2) is 15.0 Å². The van der Waals surface area contributed by atoms with Crippen LogP contribution in [0.3, 0.4) is 0 Å². The number of aromatic amines is 1. The molecule has 2 aromatic heterocycles. The maximum absolute atomic E-state index is 4.35. The van der Waals surface area contributed by atoms with Gasteiger partial charge in [-0.2, -0.15) is 0 Å². The molecule has 0 aliphatic heterocycles. The second kappa shape index (κ2) is 4.47. The number of imidazole rings is 1. The Kier molecular flexibility index (Phi) is 2.92. The second-order valence-electron chi connectivity index (χ2n) is 6.58. The van der Waals surface area contributed by atoms with Gasteiger partial charge >= 0.3 is 0 Å². The van der Waals surface area contributed by atoms with Crippen LogP contribution < -0.4 is 5.32 Å². The first-order valence-electron chi connectivity index (χ1n) is 6.94. The first kappa shape index (κ1) is 12.4. The van der Waals surface area contributed by atoms with Crippen LogP contribution in [0.1, 0.15) is 40.0 Å². The molecule has 0 aromatic carbocycles. The van der Waals surface area contributed by atoms with E-state index in [0.717, 1.165) is 22.9 Å². The molecule has 0 saturated heterocycles. The number of anilines is 1. The van der Waals surface area contributed by atoms with Crippen LogP contribution in [0, 0.1) is 11.3 Å². The van der Waals surface area contributed by atoms with Gasteiger partial charge < -0.3 is 10.3 Å². The summed E-state index contributed by atoms with van der Waals surface area (Å²) in [6, 6.07) is 0.472. The van der Waals surface area contributed by atoms with Crippen molar-refractivity contribution in [1.82, 2.24) is 19.9 Å². The van der Waals surface area contributed by atoms with E-state index < -0.39 is 0 Å². The van der Waals surface area contributed by atoms with Crippen molar-refractivity contribution >= 4 is 17.0 Å². The highest BCUT2D eigenvalue weighted by Crippen LogP contribution is 2.39. The van der Waals surface area contributed by atoms with E-state index in [-0.39, 0.29) is 0 Å². The fourth-order valence-corrected chi connectivity index (χ4v) is 3.52. The lowest BCUT2D eigenvalue weighted by Crippen LogP contribution is -2.35. The van der Waals surface area contributed by atoms with Gasteiger partial charge in [-0.05, 0) is 30.6 Å². The Hall–Kier alpha value is -1.65. The molecule has 1 aliphatic rings. The number of H-pyrrole nitrogens is 1. The van der Waals surface area contributed by atoms with Crippen molar-refractivity contribution in [3.8, 4) is 0 Å². The minimum Gasteiger partial charge on any atom is -0.365 e. The van der Waals surface area contributed by atoms with Crippen LogP contribution in [0.5, 0.6) is 0 Å². The molecule has 1 aliphatic carbocycles. The molecule has 0 radical (unpaired) electrons. The number of hydrogen-bond donors (Lipinski definition) is 2. The minimum absolute atomic E-state index is 0.398. The molecule has 0 bridgehead atoms. The van der Waals surface area contributed by atoms with E-state index in [1.165, 1.54) is 19.3 Å². The van der Waals surface area contributed by atoms with Gasteiger partial charge in [-0.3, -0.25) is 0 Å². The second-order valence-corrected chi connectivity index (χ2v) is 6.58. The molecule has 102 valence electrons. The average molecular weight is 259 g/mol. The SMILES string of the molecule is C[C@H]1C[C@@H](Nc2ncnc3nc[nH]c23)CC(C)(C)C1. The predicted octanol–water partition coefficient (Wildman–Crippen LogP) is 2.98. The van der Waals surface area contributed by atoms with E-state index in [4.69, 9.17) is 0 Å². The molecule has 0 spiro atoms. The van der Waals surface area contributed by atoms with Gasteiger partial charge in [0.15, 0.2) is 11.5 Å². The summed E-state index contributed by atoms with van der Waals surface area (Å²) in [6.45, 7) is 7.04. The van der Waals surface area contributed by atoms with Gasteiger partial charge in [0.05, 0.1) is 6.33 Å². The van der Waals surface area contributed by atoms with Crippen molar-refractivity contribution in [2.45, 2.75) is 46.1 Å². The van der Waals surface area contributed by atoms with Crippen LogP contribution >= 0.6 is 0 Å². The topological polar surface area (TPSA) is 66.5 Å². The Labute approximate surface area is 113 Å². The summed E-state index contributed by atoms with van der Waals surface area (Å²) >= 11 is 0.